The molecule has 1 aromatic heterocycles. The van der Waals surface area contributed by atoms with Gasteiger partial charge in [0.05, 0.1) is 19.3 Å². The summed E-state index contributed by atoms with van der Waals surface area (Å²) in [5.41, 5.74) is 0.658. The van der Waals surface area contributed by atoms with Gasteiger partial charge in [0.2, 0.25) is 5.91 Å². The summed E-state index contributed by atoms with van der Waals surface area (Å²) in [6.07, 6.45) is 0.772. The Balaban J connectivity index is 1.47. The van der Waals surface area contributed by atoms with E-state index in [-0.39, 0.29) is 36.9 Å². The lowest BCUT2D eigenvalue weighted by Gasteiger charge is -2.38. The summed E-state index contributed by atoms with van der Waals surface area (Å²) in [5.74, 6) is 0.107. The van der Waals surface area contributed by atoms with Gasteiger partial charge in [-0.2, -0.15) is 0 Å². The lowest BCUT2D eigenvalue weighted by Crippen LogP contribution is -2.54. The molecule has 2 aliphatic rings. The van der Waals surface area contributed by atoms with Gasteiger partial charge < -0.3 is 24.6 Å². The first-order valence-electron chi connectivity index (χ1n) is 12.8. The van der Waals surface area contributed by atoms with Crippen LogP contribution < -0.4 is 10.1 Å². The molecule has 37 heavy (non-hydrogen) atoms. The quantitative estimate of drug-likeness (QED) is 0.563. The van der Waals surface area contributed by atoms with Crippen molar-refractivity contribution in [2.45, 2.75) is 38.8 Å². The summed E-state index contributed by atoms with van der Waals surface area (Å²) in [7, 11) is 0. The first-order chi connectivity index (χ1) is 17.7. The standard InChI is InChI=1S/C27H37FN4O4S/c1-27(2,3)29-26(34)31(12-11-30-13-15-35-16-14-30)18-25(33)32-10-8-24-22(9-17-37-24)23(32)19-36-21-6-4-20(28)5-7-21/h4-7,9,17,23H,8,10-16,18-19H2,1-3H3,(H,29,34). The Morgan fingerprint density at radius 3 is 2.59 bits per heavy atom. The number of ether oxygens (including phenoxy) is 2. The minimum absolute atomic E-state index is 0.0151. The van der Waals surface area contributed by atoms with Gasteiger partial charge in [-0.15, -0.1) is 11.3 Å². The smallest absolute Gasteiger partial charge is 0.318 e. The molecule has 202 valence electrons. The zero-order valence-electron chi connectivity index (χ0n) is 21.9. The van der Waals surface area contributed by atoms with Gasteiger partial charge in [0.25, 0.3) is 0 Å². The zero-order chi connectivity index (χ0) is 26.4. The fourth-order valence-electron chi connectivity index (χ4n) is 4.57. The number of nitrogens with one attached hydrogen (secondary N) is 1. The molecule has 2 aromatic rings. The Kier molecular flexibility index (Phi) is 9.04. The van der Waals surface area contributed by atoms with E-state index in [9.17, 15) is 14.0 Å². The number of carbonyl (C=O) groups excluding carboxylic acids is 2. The molecular formula is C27H37FN4O4S. The number of benzene rings is 1. The van der Waals surface area contributed by atoms with Crippen molar-refractivity contribution in [1.82, 2.24) is 20.0 Å². The van der Waals surface area contributed by atoms with Crippen LogP contribution in [0.2, 0.25) is 0 Å². The maximum atomic E-state index is 13.7. The molecule has 4 rings (SSSR count). The second-order valence-corrected chi connectivity index (χ2v) is 11.5. The third-order valence-electron chi connectivity index (χ3n) is 6.52. The maximum Gasteiger partial charge on any atom is 0.318 e. The molecule has 1 unspecified atom stereocenters. The van der Waals surface area contributed by atoms with E-state index in [1.54, 1.807) is 28.4 Å². The third kappa shape index (κ3) is 7.66. The fourth-order valence-corrected chi connectivity index (χ4v) is 5.50. The Morgan fingerprint density at radius 2 is 1.89 bits per heavy atom. The van der Waals surface area contributed by atoms with Crippen LogP contribution in [0.3, 0.4) is 0 Å². The molecule has 1 fully saturated rings. The summed E-state index contributed by atoms with van der Waals surface area (Å²) in [6, 6.07) is 7.40. The number of hydrogen-bond acceptors (Lipinski definition) is 6. The van der Waals surface area contributed by atoms with E-state index in [0.717, 1.165) is 25.1 Å². The van der Waals surface area contributed by atoms with E-state index in [2.05, 4.69) is 10.2 Å². The van der Waals surface area contributed by atoms with Crippen molar-refractivity contribution < 1.29 is 23.5 Å². The average Bonchev–Trinajstić information content (AvgIpc) is 3.34. The SMILES string of the molecule is CC(C)(C)NC(=O)N(CCN1CCOCC1)CC(=O)N1CCc2sccc2C1COc1ccc(F)cc1. The van der Waals surface area contributed by atoms with Crippen LogP contribution in [-0.4, -0.2) is 91.3 Å². The van der Waals surface area contributed by atoms with Crippen molar-refractivity contribution in [3.63, 3.8) is 0 Å². The molecule has 0 bridgehead atoms. The van der Waals surface area contributed by atoms with Crippen molar-refractivity contribution >= 4 is 23.3 Å². The molecule has 3 amide bonds. The minimum Gasteiger partial charge on any atom is -0.491 e. The van der Waals surface area contributed by atoms with E-state index in [1.807, 2.05) is 37.1 Å². The third-order valence-corrected chi connectivity index (χ3v) is 7.52. The predicted molar refractivity (Wildman–Crippen MR) is 141 cm³/mol. The van der Waals surface area contributed by atoms with E-state index in [4.69, 9.17) is 9.47 Å². The van der Waals surface area contributed by atoms with Gasteiger partial charge in [0.15, 0.2) is 0 Å². The molecule has 10 heteroatoms. The number of morpholine rings is 1. The number of hydrogen-bond donors (Lipinski definition) is 1. The van der Waals surface area contributed by atoms with E-state index in [1.165, 1.54) is 17.0 Å². The van der Waals surface area contributed by atoms with Gasteiger partial charge in [-0.25, -0.2) is 9.18 Å². The molecule has 0 spiro atoms. The monoisotopic (exact) mass is 532 g/mol. The number of thiophene rings is 1. The van der Waals surface area contributed by atoms with Crippen molar-refractivity contribution in [1.29, 1.82) is 0 Å². The lowest BCUT2D eigenvalue weighted by atomic mass is 10.0. The molecule has 1 N–H and O–H groups in total. The van der Waals surface area contributed by atoms with Crippen LogP contribution in [0.15, 0.2) is 35.7 Å². The second-order valence-electron chi connectivity index (χ2n) is 10.5. The van der Waals surface area contributed by atoms with Crippen LogP contribution in [0.4, 0.5) is 9.18 Å². The van der Waals surface area contributed by atoms with Crippen LogP contribution in [0.5, 0.6) is 5.75 Å². The van der Waals surface area contributed by atoms with Gasteiger partial charge in [0.1, 0.15) is 24.7 Å². The van der Waals surface area contributed by atoms with E-state index in [0.29, 0.717) is 38.6 Å². The maximum absolute atomic E-state index is 13.7. The second kappa shape index (κ2) is 12.2. The topological polar surface area (TPSA) is 74.4 Å². The molecule has 0 saturated carbocycles. The number of urea groups is 1. The molecule has 2 aliphatic heterocycles. The van der Waals surface area contributed by atoms with E-state index < -0.39 is 5.54 Å². The Labute approximate surface area is 222 Å². The van der Waals surface area contributed by atoms with Crippen LogP contribution in [0, 0.1) is 5.82 Å². The molecule has 3 heterocycles. The Hall–Kier alpha value is -2.69. The normalized spacial score (nSPS) is 18.3. The molecular weight excluding hydrogens is 495 g/mol. The number of amides is 3. The number of fused-ring (bicyclic) bond motifs is 1. The molecule has 0 aliphatic carbocycles. The average molecular weight is 533 g/mol. The minimum atomic E-state index is -0.417. The summed E-state index contributed by atoms with van der Waals surface area (Å²) in [4.78, 5) is 33.8. The Morgan fingerprint density at radius 1 is 1.16 bits per heavy atom. The summed E-state index contributed by atoms with van der Waals surface area (Å²) in [5, 5.41) is 5.05. The molecule has 8 nitrogen and oxygen atoms in total. The van der Waals surface area contributed by atoms with Crippen molar-refractivity contribution in [3.05, 3.63) is 52.0 Å². The number of rotatable bonds is 8. The molecule has 1 atom stereocenters. The van der Waals surface area contributed by atoms with Crippen LogP contribution in [0.25, 0.3) is 0 Å². The van der Waals surface area contributed by atoms with E-state index >= 15 is 0 Å². The number of carbonyl (C=O) groups is 2. The number of nitrogens with zero attached hydrogens (tertiary/aromatic N) is 3. The molecule has 1 aromatic carbocycles. The van der Waals surface area contributed by atoms with Gasteiger partial charge in [-0.1, -0.05) is 0 Å². The molecule has 0 radical (unpaired) electrons. The van der Waals surface area contributed by atoms with Gasteiger partial charge in [-0.3, -0.25) is 9.69 Å². The highest BCUT2D eigenvalue weighted by atomic mass is 32.1. The highest BCUT2D eigenvalue weighted by molar-refractivity contribution is 7.10. The van der Waals surface area contributed by atoms with Crippen LogP contribution in [0.1, 0.15) is 37.3 Å². The van der Waals surface area contributed by atoms with Crippen LogP contribution in [-0.2, 0) is 16.0 Å². The van der Waals surface area contributed by atoms with Gasteiger partial charge in [0, 0.05) is 43.1 Å². The lowest BCUT2D eigenvalue weighted by molar-refractivity contribution is -0.135. The number of halogens is 1. The van der Waals surface area contributed by atoms with Crippen LogP contribution >= 0.6 is 11.3 Å². The first-order valence-corrected chi connectivity index (χ1v) is 13.7. The highest BCUT2D eigenvalue weighted by Crippen LogP contribution is 2.34. The van der Waals surface area contributed by atoms with Crippen molar-refractivity contribution in [2.24, 2.45) is 0 Å². The summed E-state index contributed by atoms with van der Waals surface area (Å²) in [6.45, 7) is 10.7. The largest absolute Gasteiger partial charge is 0.491 e. The molecule has 1 saturated heterocycles. The van der Waals surface area contributed by atoms with Gasteiger partial charge in [-0.05, 0) is 68.5 Å². The van der Waals surface area contributed by atoms with Crippen molar-refractivity contribution in [2.75, 3.05) is 59.1 Å². The first kappa shape index (κ1) is 27.3. The highest BCUT2D eigenvalue weighted by Gasteiger charge is 2.34. The Bertz CT molecular complexity index is 1050. The zero-order valence-corrected chi connectivity index (χ0v) is 22.7. The van der Waals surface area contributed by atoms with Crippen molar-refractivity contribution in [3.8, 4) is 5.75 Å². The summed E-state index contributed by atoms with van der Waals surface area (Å²) < 4.78 is 24.7. The predicted octanol–water partition coefficient (Wildman–Crippen LogP) is 3.53. The fraction of sp³-hybridized carbons (Fsp3) is 0.556. The summed E-state index contributed by atoms with van der Waals surface area (Å²) >= 11 is 1.68. The van der Waals surface area contributed by atoms with Gasteiger partial charge >= 0.3 is 6.03 Å².